The molecule has 0 saturated carbocycles. The van der Waals surface area contributed by atoms with Crippen LogP contribution in [-0.4, -0.2) is 14.3 Å². The second-order valence-electron chi connectivity index (χ2n) is 10.1. The third-order valence-corrected chi connectivity index (χ3v) is 57.2. The minimum atomic E-state index is -3.30. The zero-order chi connectivity index (χ0) is 14.5. The van der Waals surface area contributed by atoms with Crippen LogP contribution < -0.4 is 24.8 Å². The quantitative estimate of drug-likeness (QED) is 0.547. The predicted octanol–water partition coefficient (Wildman–Crippen LogP) is -0.745. The third-order valence-electron chi connectivity index (χ3n) is 5.30. The largest absolute Gasteiger partial charge is 1.00 e. The number of allylic oxidation sites excluding steroid dienone is 3. The van der Waals surface area contributed by atoms with Crippen LogP contribution in [0.5, 0.6) is 0 Å². The molecule has 0 radical (unpaired) electrons. The summed E-state index contributed by atoms with van der Waals surface area (Å²) in [5, 5.41) is 0. The third kappa shape index (κ3) is 4.24. The van der Waals surface area contributed by atoms with Crippen LogP contribution >= 0.6 is 0 Å². The Morgan fingerprint density at radius 2 is 1.50 bits per heavy atom. The van der Waals surface area contributed by atoms with Gasteiger partial charge in [-0.05, 0) is 0 Å². The van der Waals surface area contributed by atoms with Crippen molar-refractivity contribution < 1.29 is 41.6 Å². The van der Waals surface area contributed by atoms with Crippen LogP contribution in [0.2, 0.25) is 31.6 Å². The molecule has 0 atom stereocenters. The van der Waals surface area contributed by atoms with Crippen LogP contribution in [-0.2, 0) is 16.7 Å². The van der Waals surface area contributed by atoms with Crippen molar-refractivity contribution in [1.82, 2.24) is 2.84 Å². The zero-order valence-corrected chi connectivity index (χ0v) is 19.8. The van der Waals surface area contributed by atoms with Crippen molar-refractivity contribution in [2.75, 3.05) is 0 Å². The summed E-state index contributed by atoms with van der Waals surface area (Å²) in [5.74, 6) is -0.764. The average Bonchev–Trinajstić information content (AvgIpc) is 2.50. The number of hydrogen-bond donors (Lipinski definition) is 0. The molecular formula is C15H33Cl2NSiZr. The van der Waals surface area contributed by atoms with Crippen LogP contribution in [0, 0.1) is 0 Å². The maximum absolute atomic E-state index is 3.30. The molecule has 0 unspecified atom stereocenters. The number of nitrogens with zero attached hydrogens (tertiary/aromatic N) is 1. The smallest absolute Gasteiger partial charge is 1.00 e. The first kappa shape index (κ1) is 23.2. The van der Waals surface area contributed by atoms with Gasteiger partial charge in [-0.1, -0.05) is 0 Å². The first-order chi connectivity index (χ1) is 7.70. The van der Waals surface area contributed by atoms with Crippen LogP contribution in [0.1, 0.15) is 27.2 Å². The molecule has 1 aliphatic rings. The molecule has 5 heteroatoms. The summed E-state index contributed by atoms with van der Waals surface area (Å²) in [4.78, 5) is 0. The molecular weight excluding hydrogens is 384 g/mol. The second kappa shape index (κ2) is 5.87. The summed E-state index contributed by atoms with van der Waals surface area (Å²) in [6, 6.07) is 0. The molecule has 1 nitrogen and oxygen atoms in total. The van der Waals surface area contributed by atoms with E-state index >= 15 is 0 Å². The van der Waals surface area contributed by atoms with E-state index in [9.17, 15) is 0 Å². The van der Waals surface area contributed by atoms with Gasteiger partial charge in [0.05, 0.1) is 0 Å². The fraction of sp³-hybridized carbons (Fsp3) is 0.733. The minimum Gasteiger partial charge on any atom is -1.00 e. The Kier molecular flexibility index (Phi) is 6.82. The SMILES string of the molecule is C[SiH](C)[Zr+2]([CH3])([CH3])([CH3])([CH3])[N](C1=CC=CC1)C(C)(C)C.[Cl-].[Cl-]. The Morgan fingerprint density at radius 3 is 1.75 bits per heavy atom. The molecule has 120 valence electrons. The maximum Gasteiger partial charge on any atom is -1.00 e. The maximum atomic E-state index is 2.89. The number of halogens is 2. The summed E-state index contributed by atoms with van der Waals surface area (Å²) < 4.78 is 13.5. The van der Waals surface area contributed by atoms with Gasteiger partial charge in [-0.25, -0.2) is 0 Å². The van der Waals surface area contributed by atoms with Gasteiger partial charge in [0.2, 0.25) is 0 Å². The van der Waals surface area contributed by atoms with Crippen LogP contribution in [0.4, 0.5) is 0 Å². The number of hydrogen-bond acceptors (Lipinski definition) is 1. The summed E-state index contributed by atoms with van der Waals surface area (Å²) in [6.07, 6.45) is 7.98. The number of rotatable bonds is 3. The van der Waals surface area contributed by atoms with Gasteiger partial charge in [0.1, 0.15) is 0 Å². The molecule has 1 aliphatic carbocycles. The molecule has 0 aromatic rings. The molecule has 0 aromatic carbocycles. The van der Waals surface area contributed by atoms with E-state index in [2.05, 4.69) is 73.5 Å². The van der Waals surface area contributed by atoms with Gasteiger partial charge >= 0.3 is 114 Å². The van der Waals surface area contributed by atoms with Gasteiger partial charge in [-0.2, -0.15) is 0 Å². The van der Waals surface area contributed by atoms with Crippen molar-refractivity contribution in [2.45, 2.75) is 64.4 Å². The van der Waals surface area contributed by atoms with Crippen LogP contribution in [0.25, 0.3) is 0 Å². The second-order valence-corrected chi connectivity index (χ2v) is 62.7. The first-order valence-corrected chi connectivity index (χ1v) is 25.4. The van der Waals surface area contributed by atoms with Crippen LogP contribution in [0.3, 0.4) is 0 Å². The van der Waals surface area contributed by atoms with Crippen LogP contribution in [0.15, 0.2) is 23.9 Å². The van der Waals surface area contributed by atoms with Crippen molar-refractivity contribution >= 4 is 5.92 Å². The van der Waals surface area contributed by atoms with Crippen molar-refractivity contribution in [1.29, 1.82) is 0 Å². The molecule has 0 heterocycles. The Bertz CT molecular complexity index is 412. The predicted molar refractivity (Wildman–Crippen MR) is 85.8 cm³/mol. The normalized spacial score (nSPS) is 16.8. The van der Waals surface area contributed by atoms with E-state index < -0.39 is 22.7 Å². The molecule has 0 saturated heterocycles. The molecule has 20 heavy (non-hydrogen) atoms. The molecule has 0 amide bonds. The van der Waals surface area contributed by atoms with Gasteiger partial charge in [0.15, 0.2) is 0 Å². The standard InChI is InChI=1S/C9H14N.C2H7Si.4CH3.2ClH.Zr/c1-9(2,3)10-8-6-4-5-7-8;1-3-2;;;;;;;/h4-6H,7H2,1-3H3;3H,1-2H3;4*1H3;2*1H;/q-1;;;;;;;;+3/p-2. The van der Waals surface area contributed by atoms with Gasteiger partial charge in [-0.15, -0.1) is 0 Å². The monoisotopic (exact) mass is 415 g/mol. The van der Waals surface area contributed by atoms with Crippen molar-refractivity contribution in [2.24, 2.45) is 0 Å². The summed E-state index contributed by atoms with van der Waals surface area (Å²) in [7, 11) is 0. The van der Waals surface area contributed by atoms with E-state index in [-0.39, 0.29) is 30.4 Å². The Balaban J connectivity index is 0. The molecule has 0 N–H and O–H groups in total. The Morgan fingerprint density at radius 1 is 1.05 bits per heavy atom. The van der Waals surface area contributed by atoms with Gasteiger partial charge < -0.3 is 24.8 Å². The fourth-order valence-electron chi connectivity index (χ4n) is 3.48. The first-order valence-electron chi connectivity index (χ1n) is 7.33. The zero-order valence-electron chi connectivity index (χ0n) is 14.7. The van der Waals surface area contributed by atoms with E-state index in [1.165, 1.54) is 0 Å². The molecule has 0 aromatic heterocycles. The van der Waals surface area contributed by atoms with Crippen molar-refractivity contribution in [3.05, 3.63) is 23.9 Å². The summed E-state index contributed by atoms with van der Waals surface area (Å²) in [5.41, 5.74) is 1.77. The summed E-state index contributed by atoms with van der Waals surface area (Å²) >= 11 is -3.30. The minimum absolute atomic E-state index is 0. The van der Waals surface area contributed by atoms with Gasteiger partial charge in [0, 0.05) is 0 Å². The van der Waals surface area contributed by atoms with E-state index in [1.54, 1.807) is 5.70 Å². The van der Waals surface area contributed by atoms with E-state index in [0.717, 1.165) is 6.42 Å². The van der Waals surface area contributed by atoms with Crippen molar-refractivity contribution in [3.8, 4) is 0 Å². The Hall–Kier alpha value is 0.960. The molecule has 0 bridgehead atoms. The molecule has 0 aliphatic heterocycles. The topological polar surface area (TPSA) is 3.24 Å². The van der Waals surface area contributed by atoms with Gasteiger partial charge in [-0.3, -0.25) is 0 Å². The molecule has 1 rings (SSSR count). The van der Waals surface area contributed by atoms with E-state index in [0.29, 0.717) is 0 Å². The molecule has 0 fully saturated rings. The van der Waals surface area contributed by atoms with E-state index in [1.807, 2.05) is 0 Å². The fourth-order valence-corrected chi connectivity index (χ4v) is 22.3. The van der Waals surface area contributed by atoms with Gasteiger partial charge in [0.25, 0.3) is 0 Å². The molecule has 0 spiro atoms. The summed E-state index contributed by atoms with van der Waals surface area (Å²) in [6.45, 7) is 12.3. The van der Waals surface area contributed by atoms with Crippen molar-refractivity contribution in [3.63, 3.8) is 0 Å². The average molecular weight is 418 g/mol. The van der Waals surface area contributed by atoms with E-state index in [4.69, 9.17) is 0 Å². The Labute approximate surface area is 137 Å².